The van der Waals surface area contributed by atoms with Crippen molar-refractivity contribution in [3.8, 4) is 11.5 Å². The smallest absolute Gasteiger partial charge is 0.142 e. The molecule has 0 saturated heterocycles. The molecule has 4 heteroatoms. The van der Waals surface area contributed by atoms with Gasteiger partial charge in [-0.25, -0.2) is 0 Å². The first-order valence-electron chi connectivity index (χ1n) is 7.09. The summed E-state index contributed by atoms with van der Waals surface area (Å²) in [5.74, 6) is 1.54. The molecule has 0 unspecified atom stereocenters. The zero-order valence-corrected chi connectivity index (χ0v) is 12.0. The summed E-state index contributed by atoms with van der Waals surface area (Å²) in [5, 5.41) is 8.85. The van der Waals surface area contributed by atoms with E-state index in [1.54, 1.807) is 0 Å². The standard InChI is InChI=1S/C17H21NO3/c18-16-4-1-2-5-17(16)21-13-3-12-20-15-8-6-14(7-9-15)10-11-19/h1-2,4-9,19H,3,10-13,18H2. The summed E-state index contributed by atoms with van der Waals surface area (Å²) < 4.78 is 11.2. The van der Waals surface area contributed by atoms with E-state index in [0.29, 0.717) is 31.1 Å². The monoisotopic (exact) mass is 287 g/mol. The molecule has 0 amide bonds. The van der Waals surface area contributed by atoms with Crippen LogP contribution < -0.4 is 15.2 Å². The highest BCUT2D eigenvalue weighted by Gasteiger charge is 1.99. The molecule has 4 nitrogen and oxygen atoms in total. The Morgan fingerprint density at radius 2 is 1.62 bits per heavy atom. The number of hydrogen-bond acceptors (Lipinski definition) is 4. The number of rotatable bonds is 8. The average molecular weight is 287 g/mol. The van der Waals surface area contributed by atoms with E-state index in [0.717, 1.165) is 17.7 Å². The Morgan fingerprint density at radius 3 is 2.33 bits per heavy atom. The van der Waals surface area contributed by atoms with Crippen LogP contribution >= 0.6 is 0 Å². The first-order chi connectivity index (χ1) is 10.3. The largest absolute Gasteiger partial charge is 0.493 e. The second kappa shape index (κ2) is 8.17. The Labute approximate surface area is 125 Å². The highest BCUT2D eigenvalue weighted by atomic mass is 16.5. The van der Waals surface area contributed by atoms with Crippen LogP contribution in [0.2, 0.25) is 0 Å². The van der Waals surface area contributed by atoms with Crippen LogP contribution in [0.4, 0.5) is 5.69 Å². The van der Waals surface area contributed by atoms with E-state index < -0.39 is 0 Å². The molecule has 21 heavy (non-hydrogen) atoms. The number of ether oxygens (including phenoxy) is 2. The van der Waals surface area contributed by atoms with Gasteiger partial charge in [0.25, 0.3) is 0 Å². The number of para-hydroxylation sites is 2. The lowest BCUT2D eigenvalue weighted by Crippen LogP contribution is -2.06. The lowest BCUT2D eigenvalue weighted by Gasteiger charge is -2.09. The first kappa shape index (κ1) is 15.2. The van der Waals surface area contributed by atoms with Crippen molar-refractivity contribution in [1.29, 1.82) is 0 Å². The Balaban J connectivity index is 1.66. The molecule has 112 valence electrons. The van der Waals surface area contributed by atoms with Gasteiger partial charge < -0.3 is 20.3 Å². The van der Waals surface area contributed by atoms with Crippen molar-refractivity contribution in [2.75, 3.05) is 25.6 Å². The fourth-order valence-electron chi connectivity index (χ4n) is 1.92. The van der Waals surface area contributed by atoms with Crippen LogP contribution in [0.5, 0.6) is 11.5 Å². The van der Waals surface area contributed by atoms with E-state index in [2.05, 4.69) is 0 Å². The van der Waals surface area contributed by atoms with Gasteiger partial charge in [-0.2, -0.15) is 0 Å². The number of aliphatic hydroxyl groups is 1. The third-order valence-electron chi connectivity index (χ3n) is 3.06. The van der Waals surface area contributed by atoms with Crippen LogP contribution in [0.3, 0.4) is 0 Å². The minimum Gasteiger partial charge on any atom is -0.493 e. The molecule has 0 aliphatic rings. The summed E-state index contributed by atoms with van der Waals surface area (Å²) in [4.78, 5) is 0. The number of nitrogens with two attached hydrogens (primary N) is 1. The van der Waals surface area contributed by atoms with Crippen LogP contribution in [-0.4, -0.2) is 24.9 Å². The van der Waals surface area contributed by atoms with Crippen molar-refractivity contribution >= 4 is 5.69 Å². The van der Waals surface area contributed by atoms with Crippen molar-refractivity contribution in [2.24, 2.45) is 0 Å². The molecule has 2 rings (SSSR count). The number of anilines is 1. The minimum absolute atomic E-state index is 0.167. The van der Waals surface area contributed by atoms with Gasteiger partial charge in [-0.1, -0.05) is 24.3 Å². The summed E-state index contributed by atoms with van der Waals surface area (Å²) in [7, 11) is 0. The quantitative estimate of drug-likeness (QED) is 0.578. The van der Waals surface area contributed by atoms with Crippen molar-refractivity contribution in [2.45, 2.75) is 12.8 Å². The van der Waals surface area contributed by atoms with E-state index in [4.69, 9.17) is 20.3 Å². The molecule has 0 radical (unpaired) electrons. The fraction of sp³-hybridized carbons (Fsp3) is 0.294. The minimum atomic E-state index is 0.167. The molecule has 0 saturated carbocycles. The van der Waals surface area contributed by atoms with Crippen molar-refractivity contribution < 1.29 is 14.6 Å². The summed E-state index contributed by atoms with van der Waals surface area (Å²) in [5.41, 5.74) is 7.55. The van der Waals surface area contributed by atoms with Gasteiger partial charge >= 0.3 is 0 Å². The molecule has 2 aromatic carbocycles. The molecule has 0 spiro atoms. The average Bonchev–Trinajstić information content (AvgIpc) is 2.51. The Kier molecular flexibility index (Phi) is 5.91. The molecule has 0 aliphatic heterocycles. The van der Waals surface area contributed by atoms with Crippen molar-refractivity contribution in [3.05, 3.63) is 54.1 Å². The summed E-state index contributed by atoms with van der Waals surface area (Å²) in [6, 6.07) is 15.2. The van der Waals surface area contributed by atoms with E-state index in [1.807, 2.05) is 48.5 Å². The van der Waals surface area contributed by atoms with Crippen molar-refractivity contribution in [3.63, 3.8) is 0 Å². The maximum atomic E-state index is 8.85. The third kappa shape index (κ3) is 5.00. The normalized spacial score (nSPS) is 10.3. The predicted octanol–water partition coefficient (Wildman–Crippen LogP) is 2.65. The van der Waals surface area contributed by atoms with Crippen molar-refractivity contribution in [1.82, 2.24) is 0 Å². The van der Waals surface area contributed by atoms with Crippen LogP contribution in [0.1, 0.15) is 12.0 Å². The second-order valence-electron chi connectivity index (χ2n) is 4.71. The van der Waals surface area contributed by atoms with Gasteiger partial charge in [-0.05, 0) is 36.2 Å². The number of nitrogen functional groups attached to an aromatic ring is 1. The molecule has 0 fully saturated rings. The summed E-state index contributed by atoms with van der Waals surface area (Å²) in [6.45, 7) is 1.32. The fourth-order valence-corrected chi connectivity index (χ4v) is 1.92. The number of aliphatic hydroxyl groups excluding tert-OH is 1. The molecule has 0 bridgehead atoms. The molecule has 2 aromatic rings. The topological polar surface area (TPSA) is 64.7 Å². The summed E-state index contributed by atoms with van der Waals surface area (Å²) >= 11 is 0. The molecular weight excluding hydrogens is 266 g/mol. The summed E-state index contributed by atoms with van der Waals surface area (Å²) in [6.07, 6.45) is 1.46. The van der Waals surface area contributed by atoms with Gasteiger partial charge in [0.05, 0.1) is 18.9 Å². The molecule has 3 N–H and O–H groups in total. The maximum absolute atomic E-state index is 8.85. The van der Waals surface area contributed by atoms with Gasteiger partial charge in [0.1, 0.15) is 11.5 Å². The van der Waals surface area contributed by atoms with Gasteiger partial charge in [-0.3, -0.25) is 0 Å². The van der Waals surface area contributed by atoms with Crippen LogP contribution in [0.25, 0.3) is 0 Å². The lowest BCUT2D eigenvalue weighted by molar-refractivity contribution is 0.248. The van der Waals surface area contributed by atoms with E-state index in [-0.39, 0.29) is 6.61 Å². The zero-order chi connectivity index (χ0) is 14.9. The maximum Gasteiger partial charge on any atom is 0.142 e. The second-order valence-corrected chi connectivity index (χ2v) is 4.71. The van der Waals surface area contributed by atoms with Gasteiger partial charge in [0.15, 0.2) is 0 Å². The zero-order valence-electron chi connectivity index (χ0n) is 12.0. The van der Waals surface area contributed by atoms with Gasteiger partial charge in [0.2, 0.25) is 0 Å². The molecule has 0 aliphatic carbocycles. The van der Waals surface area contributed by atoms with Crippen LogP contribution in [-0.2, 0) is 6.42 Å². The molecular formula is C17H21NO3. The predicted molar refractivity (Wildman–Crippen MR) is 83.7 cm³/mol. The molecule has 0 atom stereocenters. The Morgan fingerprint density at radius 1 is 0.905 bits per heavy atom. The Hall–Kier alpha value is -2.20. The van der Waals surface area contributed by atoms with E-state index in [1.165, 1.54) is 0 Å². The highest BCUT2D eigenvalue weighted by Crippen LogP contribution is 2.19. The lowest BCUT2D eigenvalue weighted by atomic mass is 10.1. The molecule has 0 aromatic heterocycles. The molecule has 0 heterocycles. The van der Waals surface area contributed by atoms with Gasteiger partial charge in [-0.15, -0.1) is 0 Å². The first-order valence-corrected chi connectivity index (χ1v) is 7.09. The highest BCUT2D eigenvalue weighted by molar-refractivity contribution is 5.51. The Bertz CT molecular complexity index is 540. The van der Waals surface area contributed by atoms with Crippen LogP contribution in [0.15, 0.2) is 48.5 Å². The van der Waals surface area contributed by atoms with E-state index in [9.17, 15) is 0 Å². The third-order valence-corrected chi connectivity index (χ3v) is 3.06. The number of hydrogen-bond donors (Lipinski definition) is 2. The SMILES string of the molecule is Nc1ccccc1OCCCOc1ccc(CCO)cc1. The van der Waals surface area contributed by atoms with E-state index >= 15 is 0 Å². The van der Waals surface area contributed by atoms with Crippen LogP contribution in [0, 0.1) is 0 Å². The number of benzene rings is 2. The van der Waals surface area contributed by atoms with Gasteiger partial charge in [0, 0.05) is 13.0 Å².